The Labute approximate surface area is 312 Å². The first-order valence-electron chi connectivity index (χ1n) is 16.2. The molecule has 0 spiro atoms. The molecular formula is C26H40N7O17P3S. The third-order valence-electron chi connectivity index (χ3n) is 7.67. The highest BCUT2D eigenvalue weighted by atomic mass is 32.2. The number of nitrogens with zero attached hydrogens (tertiary/aromatic N) is 4. The molecule has 1 saturated carbocycles. The molecule has 4 unspecified atom stereocenters. The molecule has 4 rings (SSSR count). The van der Waals surface area contributed by atoms with Crippen LogP contribution in [-0.4, -0.2) is 123 Å². The maximum absolute atomic E-state index is 12.7. The van der Waals surface area contributed by atoms with Gasteiger partial charge in [-0.1, -0.05) is 37.8 Å². The van der Waals surface area contributed by atoms with Gasteiger partial charge in [-0.2, -0.15) is 4.31 Å². The fourth-order valence-electron chi connectivity index (χ4n) is 4.76. The number of hydrogen-bond acceptors (Lipinski definition) is 18. The first-order chi connectivity index (χ1) is 25.4. The summed E-state index contributed by atoms with van der Waals surface area (Å²) in [5.74, 6) is -1.73. The summed E-state index contributed by atoms with van der Waals surface area (Å²) in [5, 5.41) is 26.1. The summed E-state index contributed by atoms with van der Waals surface area (Å²) in [6.45, 7) is 3.99. The van der Waals surface area contributed by atoms with Crippen LogP contribution in [0.5, 0.6) is 0 Å². The van der Waals surface area contributed by atoms with Crippen LogP contribution in [0.4, 0.5) is 5.82 Å². The number of allylic oxidation sites excluding steroid dienone is 1. The van der Waals surface area contributed by atoms with E-state index in [0.29, 0.717) is 5.57 Å². The average Bonchev–Trinajstić information content (AvgIpc) is 3.35. The molecule has 1 aliphatic heterocycles. The van der Waals surface area contributed by atoms with Crippen molar-refractivity contribution in [2.75, 3.05) is 37.8 Å². The number of nitrogens with two attached hydrogens (primary N) is 1. The number of thioether (sulfide) groups is 1. The van der Waals surface area contributed by atoms with Crippen LogP contribution in [-0.2, 0) is 50.7 Å². The highest BCUT2D eigenvalue weighted by Crippen LogP contribution is 2.61. The Balaban J connectivity index is 1.24. The second kappa shape index (κ2) is 17.6. The number of phosphoric acid groups is 3. The van der Waals surface area contributed by atoms with E-state index in [1.807, 2.05) is 0 Å². The van der Waals surface area contributed by atoms with E-state index in [1.165, 1.54) is 13.8 Å². The first-order valence-corrected chi connectivity index (χ1v) is 21.1. The number of carbonyl (C=O) groups is 3. The van der Waals surface area contributed by atoms with E-state index in [9.17, 15) is 57.9 Å². The molecule has 3 heterocycles. The van der Waals surface area contributed by atoms with Crippen molar-refractivity contribution in [2.45, 2.75) is 57.3 Å². The van der Waals surface area contributed by atoms with Crippen LogP contribution >= 0.6 is 35.2 Å². The van der Waals surface area contributed by atoms with E-state index >= 15 is 0 Å². The lowest BCUT2D eigenvalue weighted by molar-refractivity contribution is -0.137. The van der Waals surface area contributed by atoms with Crippen molar-refractivity contribution in [2.24, 2.45) is 11.3 Å². The number of nitrogens with one attached hydrogen (secondary N) is 2. The molecule has 0 bridgehead atoms. The van der Waals surface area contributed by atoms with Crippen molar-refractivity contribution in [1.82, 2.24) is 30.2 Å². The Morgan fingerprint density at radius 3 is 2.46 bits per heavy atom. The molecule has 54 heavy (non-hydrogen) atoms. The minimum absolute atomic E-state index is 0.0261. The van der Waals surface area contributed by atoms with Crippen LogP contribution in [0.15, 0.2) is 24.8 Å². The van der Waals surface area contributed by atoms with Crippen molar-refractivity contribution in [3.63, 3.8) is 0 Å². The number of aliphatic hydroxyl groups excluding tert-OH is 2. The lowest BCUT2D eigenvalue weighted by Gasteiger charge is -2.30. The smallest absolute Gasteiger partial charge is 0.386 e. The number of nitrogen functional groups attached to an aromatic ring is 1. The van der Waals surface area contributed by atoms with Crippen molar-refractivity contribution in [1.29, 1.82) is 0 Å². The van der Waals surface area contributed by atoms with E-state index in [4.69, 9.17) is 20.9 Å². The van der Waals surface area contributed by atoms with Crippen molar-refractivity contribution < 1.29 is 81.9 Å². The zero-order valence-electron chi connectivity index (χ0n) is 29.4. The SMILES string of the molecule is [3H]C1C(=C)C1C(=O)SCCNC(=O)CCNC(=O)[C@H](O)C(C)(C)COP(=O)(O)OP(=O)(O)OC[C@H]1O[C@@H](n2cnc3c(N)ncnc32)[C@H](O)[C@@H]1OP(=O)(O)O. The Kier molecular flexibility index (Phi) is 13.8. The summed E-state index contributed by atoms with van der Waals surface area (Å²) in [6.07, 6.45) is -7.57. The fraction of sp³-hybridized carbons (Fsp3) is 0.615. The topological polar surface area (TPSA) is 364 Å². The summed E-state index contributed by atoms with van der Waals surface area (Å²) >= 11 is 0.967. The second-order valence-corrected chi connectivity index (χ2v) is 17.8. The summed E-state index contributed by atoms with van der Waals surface area (Å²) in [4.78, 5) is 87.4. The molecule has 0 radical (unpaired) electrons. The van der Waals surface area contributed by atoms with Crippen molar-refractivity contribution in [3.8, 4) is 0 Å². The maximum Gasteiger partial charge on any atom is 0.481 e. The maximum atomic E-state index is 12.7. The van der Waals surface area contributed by atoms with E-state index in [1.54, 1.807) is 0 Å². The number of hydrogen-bond donors (Lipinski definition) is 9. The molecule has 2 aromatic rings. The molecule has 1 aliphatic carbocycles. The van der Waals surface area contributed by atoms with Gasteiger partial charge in [-0.3, -0.25) is 32.5 Å². The minimum atomic E-state index is -5.58. The number of rotatable bonds is 20. The number of fused-ring (bicyclic) bond motifs is 1. The van der Waals surface area contributed by atoms with Crippen LogP contribution in [0.25, 0.3) is 11.2 Å². The van der Waals surface area contributed by atoms with E-state index in [2.05, 4.69) is 41.0 Å². The third-order valence-corrected chi connectivity index (χ3v) is 11.7. The Morgan fingerprint density at radius 2 is 1.81 bits per heavy atom. The van der Waals surface area contributed by atoms with Crippen LogP contribution < -0.4 is 16.4 Å². The van der Waals surface area contributed by atoms with E-state index < -0.39 is 96.9 Å². The molecule has 10 N–H and O–H groups in total. The first kappa shape index (κ1) is 42.4. The summed E-state index contributed by atoms with van der Waals surface area (Å²) in [6, 6.07) is 0. The number of aliphatic hydroxyl groups is 2. The fourth-order valence-corrected chi connectivity index (χ4v) is 8.39. The molecular weight excluding hydrogens is 807 g/mol. The summed E-state index contributed by atoms with van der Waals surface area (Å²) in [5.41, 5.74) is 4.79. The zero-order valence-corrected chi connectivity index (χ0v) is 31.9. The number of amides is 2. The molecule has 302 valence electrons. The van der Waals surface area contributed by atoms with Crippen molar-refractivity contribution >= 4 is 69.1 Å². The molecule has 1 saturated heterocycles. The predicted molar refractivity (Wildman–Crippen MR) is 184 cm³/mol. The second-order valence-electron chi connectivity index (χ2n) is 12.5. The van der Waals surface area contributed by atoms with Gasteiger partial charge >= 0.3 is 23.5 Å². The van der Waals surface area contributed by atoms with Crippen LogP contribution in [0, 0.1) is 11.3 Å². The number of anilines is 1. The highest BCUT2D eigenvalue weighted by Gasteiger charge is 2.50. The van der Waals surface area contributed by atoms with Crippen LogP contribution in [0.3, 0.4) is 0 Å². The summed E-state index contributed by atoms with van der Waals surface area (Å²) in [7, 11) is -16.4. The van der Waals surface area contributed by atoms with Gasteiger partial charge in [-0.05, 0) is 6.40 Å². The molecule has 24 nitrogen and oxygen atoms in total. The van der Waals surface area contributed by atoms with Gasteiger partial charge in [0.1, 0.15) is 36.3 Å². The van der Waals surface area contributed by atoms with Gasteiger partial charge in [0.05, 0.1) is 25.5 Å². The molecule has 28 heteroatoms. The largest absolute Gasteiger partial charge is 0.481 e. The van der Waals surface area contributed by atoms with Gasteiger partial charge in [0.15, 0.2) is 22.8 Å². The number of ether oxygens (including phenoxy) is 1. The van der Waals surface area contributed by atoms with E-state index in [0.717, 1.165) is 29.0 Å². The Morgan fingerprint density at radius 1 is 1.15 bits per heavy atom. The van der Waals surface area contributed by atoms with E-state index in [-0.39, 0.29) is 47.4 Å². The van der Waals surface area contributed by atoms with Crippen LogP contribution in [0.2, 0.25) is 0 Å². The molecule has 2 fully saturated rings. The highest BCUT2D eigenvalue weighted by molar-refractivity contribution is 8.13. The minimum Gasteiger partial charge on any atom is -0.386 e. The van der Waals surface area contributed by atoms with Gasteiger partial charge in [0.25, 0.3) is 0 Å². The summed E-state index contributed by atoms with van der Waals surface area (Å²) < 4.78 is 69.5. The quantitative estimate of drug-likeness (QED) is 0.0449. The number of phosphoric ester groups is 3. The lowest BCUT2D eigenvalue weighted by Crippen LogP contribution is -2.46. The van der Waals surface area contributed by atoms with Gasteiger partial charge in [0, 0.05) is 32.0 Å². The van der Waals surface area contributed by atoms with Gasteiger partial charge < -0.3 is 50.9 Å². The average molecular weight is 850 g/mol. The zero-order chi connectivity index (χ0) is 41.1. The molecule has 9 atom stereocenters. The van der Waals surface area contributed by atoms with Gasteiger partial charge in [0.2, 0.25) is 11.8 Å². The molecule has 2 aromatic heterocycles. The standard InChI is InChI=1S/C26H40N7O17P3S/c1-13-8-14(13)25(38)54-7-6-28-16(34)4-5-29-23(37)20(36)26(2,3)10-47-53(44,45)50-52(42,43)46-9-15-19(49-51(39,40)41)18(35)24(48-15)33-12-32-17-21(27)30-11-31-22(17)33/h11-12,14-15,18-20,24,35-36H,1,4-10H2,2-3H3,(H,28,34)(H,29,37)(H,42,43)(H,44,45)(H2,27,30,31)(H2,39,40,41)/t14?,15-,18-,19-,20+,24-/m1/s1/i8T/t8?,14?,15-,18-,19-,20+,24-. The number of carbonyl (C=O) groups excluding carboxylic acids is 3. The van der Waals surface area contributed by atoms with Crippen molar-refractivity contribution in [3.05, 3.63) is 24.8 Å². The molecule has 2 aliphatic rings. The predicted octanol–water partition coefficient (Wildman–Crippen LogP) is -0.759. The Hall–Kier alpha value is -2.70. The monoisotopic (exact) mass is 849 g/mol. The van der Waals surface area contributed by atoms with Gasteiger partial charge in [-0.15, -0.1) is 0 Å². The number of aromatic nitrogens is 4. The number of imidazole rings is 1. The molecule has 2 amide bonds. The van der Waals surface area contributed by atoms with Gasteiger partial charge in [-0.25, -0.2) is 28.6 Å². The Bertz CT molecular complexity index is 1920. The molecule has 0 aromatic carbocycles. The normalized spacial score (nSPS) is 26.1. The lowest BCUT2D eigenvalue weighted by atomic mass is 9.87. The third kappa shape index (κ3) is 12.1. The van der Waals surface area contributed by atoms with Crippen LogP contribution in [0.1, 0.15) is 34.3 Å².